The molecule has 0 aliphatic rings. The molecule has 0 saturated heterocycles. The molecule has 1 rings (SSSR count). The summed E-state index contributed by atoms with van der Waals surface area (Å²) >= 11 is 5.67. The van der Waals surface area contributed by atoms with Crippen LogP contribution in [0.15, 0.2) is 24.3 Å². The zero-order chi connectivity index (χ0) is 13.4. The summed E-state index contributed by atoms with van der Waals surface area (Å²) < 4.78 is 0. The Kier molecular flexibility index (Phi) is 6.50. The highest BCUT2D eigenvalue weighted by molar-refractivity contribution is 6.17. The number of unbranched alkanes of at least 4 members (excludes halogenated alkanes) is 1. The van der Waals surface area contributed by atoms with Crippen LogP contribution in [0.4, 0.5) is 11.4 Å². The predicted octanol–water partition coefficient (Wildman–Crippen LogP) is 3.83. The average molecular weight is 271 g/mol. The minimum Gasteiger partial charge on any atom is -0.372 e. The van der Waals surface area contributed by atoms with Crippen LogP contribution in [-0.2, 0) is 0 Å². The third kappa shape index (κ3) is 4.53. The van der Waals surface area contributed by atoms with Crippen LogP contribution in [0.1, 0.15) is 26.2 Å². The zero-order valence-electron chi connectivity index (χ0n) is 10.6. The van der Waals surface area contributed by atoms with E-state index in [9.17, 15) is 10.1 Å². The van der Waals surface area contributed by atoms with Crippen molar-refractivity contribution in [2.24, 2.45) is 0 Å². The van der Waals surface area contributed by atoms with Gasteiger partial charge in [-0.3, -0.25) is 10.1 Å². The highest BCUT2D eigenvalue weighted by Gasteiger charge is 2.08. The van der Waals surface area contributed by atoms with E-state index < -0.39 is 0 Å². The van der Waals surface area contributed by atoms with Crippen LogP contribution < -0.4 is 4.90 Å². The van der Waals surface area contributed by atoms with Crippen molar-refractivity contribution in [2.45, 2.75) is 26.2 Å². The van der Waals surface area contributed by atoms with Gasteiger partial charge in [0.2, 0.25) is 0 Å². The van der Waals surface area contributed by atoms with Crippen molar-refractivity contribution in [2.75, 3.05) is 23.9 Å². The van der Waals surface area contributed by atoms with E-state index in [0.29, 0.717) is 5.88 Å². The van der Waals surface area contributed by atoms with Crippen LogP contribution in [0.2, 0.25) is 0 Å². The number of anilines is 1. The molecule has 0 N–H and O–H groups in total. The van der Waals surface area contributed by atoms with Crippen LogP contribution in [0.5, 0.6) is 0 Å². The molecule has 4 nitrogen and oxygen atoms in total. The van der Waals surface area contributed by atoms with Crippen LogP contribution in [0, 0.1) is 10.1 Å². The third-order valence-electron chi connectivity index (χ3n) is 2.73. The van der Waals surface area contributed by atoms with Crippen LogP contribution in [-0.4, -0.2) is 23.9 Å². The van der Waals surface area contributed by atoms with Crippen LogP contribution in [0.3, 0.4) is 0 Å². The lowest BCUT2D eigenvalue weighted by Gasteiger charge is -2.24. The van der Waals surface area contributed by atoms with Crippen molar-refractivity contribution in [3.63, 3.8) is 0 Å². The van der Waals surface area contributed by atoms with E-state index >= 15 is 0 Å². The van der Waals surface area contributed by atoms with Gasteiger partial charge >= 0.3 is 0 Å². The summed E-state index contributed by atoms with van der Waals surface area (Å²) in [6.07, 6.45) is 3.09. The quantitative estimate of drug-likeness (QED) is 0.312. The molecule has 0 spiro atoms. The molecule has 5 heteroatoms. The Hall–Kier alpha value is -1.29. The molecule has 0 fully saturated rings. The van der Waals surface area contributed by atoms with Crippen molar-refractivity contribution < 1.29 is 4.92 Å². The maximum absolute atomic E-state index is 10.6. The second kappa shape index (κ2) is 7.93. The number of rotatable bonds is 8. The van der Waals surface area contributed by atoms with E-state index in [4.69, 9.17) is 11.6 Å². The van der Waals surface area contributed by atoms with E-state index in [-0.39, 0.29) is 10.6 Å². The van der Waals surface area contributed by atoms with Gasteiger partial charge in [0, 0.05) is 36.8 Å². The summed E-state index contributed by atoms with van der Waals surface area (Å²) in [5, 5.41) is 10.6. The number of hydrogen-bond acceptors (Lipinski definition) is 3. The number of non-ortho nitro benzene ring substituents is 1. The smallest absolute Gasteiger partial charge is 0.269 e. The van der Waals surface area contributed by atoms with Gasteiger partial charge in [0.1, 0.15) is 0 Å². The Bertz CT molecular complexity index is 368. The minimum atomic E-state index is -0.374. The highest BCUT2D eigenvalue weighted by atomic mass is 35.5. The van der Waals surface area contributed by atoms with E-state index in [2.05, 4.69) is 11.8 Å². The van der Waals surface area contributed by atoms with Crippen molar-refractivity contribution in [1.29, 1.82) is 0 Å². The lowest BCUT2D eigenvalue weighted by atomic mass is 10.2. The van der Waals surface area contributed by atoms with Gasteiger partial charge in [-0.1, -0.05) is 6.92 Å². The lowest BCUT2D eigenvalue weighted by molar-refractivity contribution is -0.384. The third-order valence-corrected chi connectivity index (χ3v) is 3.00. The molecular weight excluding hydrogens is 252 g/mol. The molecule has 0 aliphatic carbocycles. The molecule has 0 aromatic heterocycles. The minimum absolute atomic E-state index is 0.135. The molecule has 100 valence electrons. The normalized spacial score (nSPS) is 10.3. The SMILES string of the molecule is CCCN(CCCCCl)c1ccc([N+](=O)[O-])cc1. The standard InChI is InChI=1S/C13H19ClN2O2/c1-2-10-15(11-4-3-9-14)12-5-7-13(8-6-12)16(17)18/h5-8H,2-4,9-11H2,1H3. The van der Waals surface area contributed by atoms with E-state index in [1.807, 2.05) is 12.1 Å². The van der Waals surface area contributed by atoms with E-state index in [0.717, 1.165) is 38.0 Å². The van der Waals surface area contributed by atoms with Crippen molar-refractivity contribution >= 4 is 23.0 Å². The summed E-state index contributed by atoms with van der Waals surface area (Å²) in [6, 6.07) is 6.74. The van der Waals surface area contributed by atoms with E-state index in [1.165, 1.54) is 0 Å². The number of nitro benzene ring substituents is 1. The number of halogens is 1. The van der Waals surface area contributed by atoms with Gasteiger partial charge < -0.3 is 4.90 Å². The fraction of sp³-hybridized carbons (Fsp3) is 0.538. The maximum Gasteiger partial charge on any atom is 0.269 e. The molecule has 0 bridgehead atoms. The molecule has 1 aromatic rings. The number of alkyl halides is 1. The summed E-state index contributed by atoms with van der Waals surface area (Å²) in [7, 11) is 0. The molecule has 0 amide bonds. The first-order valence-electron chi connectivity index (χ1n) is 6.24. The Morgan fingerprint density at radius 2 is 1.89 bits per heavy atom. The number of nitrogens with zero attached hydrogens (tertiary/aromatic N) is 2. The first kappa shape index (κ1) is 14.8. The molecule has 0 saturated carbocycles. The van der Waals surface area contributed by atoms with Gasteiger partial charge in [-0.2, -0.15) is 0 Å². The first-order valence-corrected chi connectivity index (χ1v) is 6.78. The molecular formula is C13H19ClN2O2. The van der Waals surface area contributed by atoms with Gasteiger partial charge in [-0.05, 0) is 31.4 Å². The van der Waals surface area contributed by atoms with Gasteiger partial charge in [0.05, 0.1) is 4.92 Å². The van der Waals surface area contributed by atoms with Crippen molar-refractivity contribution in [3.05, 3.63) is 34.4 Å². The first-order chi connectivity index (χ1) is 8.69. The Morgan fingerprint density at radius 1 is 1.22 bits per heavy atom. The van der Waals surface area contributed by atoms with Gasteiger partial charge in [-0.15, -0.1) is 11.6 Å². The van der Waals surface area contributed by atoms with Crippen molar-refractivity contribution in [1.82, 2.24) is 0 Å². The number of nitro groups is 1. The van der Waals surface area contributed by atoms with E-state index in [1.54, 1.807) is 12.1 Å². The molecule has 18 heavy (non-hydrogen) atoms. The summed E-state index contributed by atoms with van der Waals surface area (Å²) in [5.41, 5.74) is 1.17. The highest BCUT2D eigenvalue weighted by Crippen LogP contribution is 2.20. The van der Waals surface area contributed by atoms with Crippen LogP contribution >= 0.6 is 11.6 Å². The molecule has 0 atom stereocenters. The average Bonchev–Trinajstić information content (AvgIpc) is 2.38. The van der Waals surface area contributed by atoms with Gasteiger partial charge in [0.25, 0.3) is 5.69 Å². The number of benzene rings is 1. The summed E-state index contributed by atoms with van der Waals surface area (Å²) in [4.78, 5) is 12.5. The lowest BCUT2D eigenvalue weighted by Crippen LogP contribution is -2.25. The predicted molar refractivity (Wildman–Crippen MR) is 75.6 cm³/mol. The second-order valence-corrected chi connectivity index (χ2v) is 4.53. The molecule has 0 heterocycles. The second-order valence-electron chi connectivity index (χ2n) is 4.16. The topological polar surface area (TPSA) is 46.4 Å². The fourth-order valence-corrected chi connectivity index (χ4v) is 2.01. The maximum atomic E-state index is 10.6. The van der Waals surface area contributed by atoms with Gasteiger partial charge in [0.15, 0.2) is 0 Å². The Morgan fingerprint density at radius 3 is 2.39 bits per heavy atom. The largest absolute Gasteiger partial charge is 0.372 e. The number of hydrogen-bond donors (Lipinski definition) is 0. The fourth-order valence-electron chi connectivity index (χ4n) is 1.82. The Balaban J connectivity index is 2.68. The molecule has 0 aliphatic heterocycles. The van der Waals surface area contributed by atoms with Gasteiger partial charge in [-0.25, -0.2) is 0 Å². The van der Waals surface area contributed by atoms with Crippen LogP contribution in [0.25, 0.3) is 0 Å². The Labute approximate surface area is 113 Å². The molecule has 0 unspecified atom stereocenters. The van der Waals surface area contributed by atoms with Crippen molar-refractivity contribution in [3.8, 4) is 0 Å². The molecule has 0 radical (unpaired) electrons. The monoisotopic (exact) mass is 270 g/mol. The summed E-state index contributed by atoms with van der Waals surface area (Å²) in [6.45, 7) is 4.03. The summed E-state index contributed by atoms with van der Waals surface area (Å²) in [5.74, 6) is 0.681. The molecule has 1 aromatic carbocycles. The zero-order valence-corrected chi connectivity index (χ0v) is 11.4.